The first-order valence-electron chi connectivity index (χ1n) is 3.38. The molecule has 1 aromatic carbocycles. The summed E-state index contributed by atoms with van der Waals surface area (Å²) in [5.74, 6) is 0. The second-order valence-electron chi connectivity index (χ2n) is 1.98. The van der Waals surface area contributed by atoms with E-state index in [1.54, 1.807) is 12.1 Å². The van der Waals surface area contributed by atoms with Gasteiger partial charge in [0.2, 0.25) is 0 Å². The molecular weight excluding hydrogens is 241 g/mol. The second kappa shape index (κ2) is 7.61. The van der Waals surface area contributed by atoms with Gasteiger partial charge in [-0.15, -0.1) is 0 Å². The predicted molar refractivity (Wildman–Crippen MR) is 48.6 cm³/mol. The van der Waals surface area contributed by atoms with Gasteiger partial charge in [-0.1, -0.05) is 18.2 Å². The van der Waals surface area contributed by atoms with Gasteiger partial charge in [-0.25, -0.2) is 0 Å². The summed E-state index contributed by atoms with van der Waals surface area (Å²) in [4.78, 5) is 4.59. The molecule has 0 spiro atoms. The second-order valence-corrected chi connectivity index (χ2v) is 4.83. The van der Waals surface area contributed by atoms with Crippen LogP contribution in [0.1, 0.15) is 5.56 Å². The number of hydrogen-bond acceptors (Lipinski definition) is 1. The van der Waals surface area contributed by atoms with Crippen molar-refractivity contribution in [3.63, 3.8) is 0 Å². The van der Waals surface area contributed by atoms with E-state index >= 15 is 0 Å². The minimum atomic E-state index is 0.230. The Balaban J connectivity index is 0.000000292. The standard InChI is InChI=1S/C7H5N.2CH3.Sn/c8-6-7-4-2-1-3-5-7;;;/h1-5H;2*1H3;. The zero-order chi connectivity index (χ0) is 8.53. The summed E-state index contributed by atoms with van der Waals surface area (Å²) >= 11 is 0.230. The van der Waals surface area contributed by atoms with Gasteiger partial charge < -0.3 is 0 Å². The Morgan fingerprint density at radius 3 is 1.91 bits per heavy atom. The Bertz CT molecular complexity index is 213. The SMILES string of the molecule is N#Cc1ccccc1.[CH3][Sn][CH3]. The van der Waals surface area contributed by atoms with Gasteiger partial charge in [0.25, 0.3) is 0 Å². The fourth-order valence-electron chi connectivity index (χ4n) is 0.513. The molecule has 0 aliphatic rings. The van der Waals surface area contributed by atoms with Gasteiger partial charge >= 0.3 is 31.0 Å². The molecule has 0 aliphatic carbocycles. The van der Waals surface area contributed by atoms with Gasteiger partial charge in [-0.3, -0.25) is 0 Å². The molecule has 0 N–H and O–H groups in total. The van der Waals surface area contributed by atoms with Crippen molar-refractivity contribution in [2.45, 2.75) is 9.88 Å². The molecule has 0 unspecified atom stereocenters. The maximum atomic E-state index is 8.29. The molecule has 0 atom stereocenters. The van der Waals surface area contributed by atoms with Crippen LogP contribution in [0.15, 0.2) is 30.3 Å². The van der Waals surface area contributed by atoms with E-state index in [1.807, 2.05) is 24.3 Å². The van der Waals surface area contributed by atoms with E-state index in [0.717, 1.165) is 0 Å². The summed E-state index contributed by atoms with van der Waals surface area (Å²) in [5, 5.41) is 8.29. The molecule has 0 bridgehead atoms. The number of nitriles is 1. The van der Waals surface area contributed by atoms with Crippen LogP contribution in [0.2, 0.25) is 9.88 Å². The first-order valence-corrected chi connectivity index (χ1v) is 9.09. The Morgan fingerprint density at radius 1 is 1.18 bits per heavy atom. The number of benzene rings is 1. The predicted octanol–water partition coefficient (Wildman–Crippen LogP) is 2.35. The summed E-state index contributed by atoms with van der Waals surface area (Å²) in [6, 6.07) is 11.2. The number of hydrogen-bond donors (Lipinski definition) is 0. The average Bonchev–Trinajstić information content (AvgIpc) is 2.08. The number of nitrogens with zero attached hydrogens (tertiary/aromatic N) is 1. The zero-order valence-electron chi connectivity index (χ0n) is 6.83. The van der Waals surface area contributed by atoms with Crippen molar-refractivity contribution < 1.29 is 0 Å². The minimum absolute atomic E-state index is 0.230. The van der Waals surface area contributed by atoms with Crippen LogP contribution in [0.25, 0.3) is 0 Å². The van der Waals surface area contributed by atoms with Crippen LogP contribution < -0.4 is 0 Å². The molecule has 0 aromatic heterocycles. The Morgan fingerprint density at radius 2 is 1.64 bits per heavy atom. The normalized spacial score (nSPS) is 7.36. The van der Waals surface area contributed by atoms with Crippen LogP contribution >= 0.6 is 0 Å². The van der Waals surface area contributed by atoms with Gasteiger partial charge in [0.1, 0.15) is 0 Å². The third-order valence-electron chi connectivity index (χ3n) is 0.903. The van der Waals surface area contributed by atoms with Crippen molar-refractivity contribution >= 4 is 21.1 Å². The van der Waals surface area contributed by atoms with Gasteiger partial charge in [0.15, 0.2) is 0 Å². The molecule has 2 heteroatoms. The van der Waals surface area contributed by atoms with Crippen LogP contribution in [-0.2, 0) is 0 Å². The summed E-state index contributed by atoms with van der Waals surface area (Å²) in [7, 11) is 0. The monoisotopic (exact) mass is 253 g/mol. The molecule has 2 radical (unpaired) electrons. The van der Waals surface area contributed by atoms with Crippen molar-refractivity contribution in [3.8, 4) is 6.07 Å². The molecule has 56 valence electrons. The molecule has 0 saturated carbocycles. The van der Waals surface area contributed by atoms with Crippen LogP contribution in [-0.4, -0.2) is 21.1 Å². The molecular formula is C9H11NSn. The van der Waals surface area contributed by atoms with E-state index in [4.69, 9.17) is 5.26 Å². The zero-order valence-corrected chi connectivity index (χ0v) is 9.69. The van der Waals surface area contributed by atoms with Crippen molar-refractivity contribution in [2.24, 2.45) is 0 Å². The molecule has 0 amide bonds. The van der Waals surface area contributed by atoms with Crippen molar-refractivity contribution in [2.75, 3.05) is 0 Å². The van der Waals surface area contributed by atoms with E-state index in [0.29, 0.717) is 5.56 Å². The third kappa shape index (κ3) is 5.93. The van der Waals surface area contributed by atoms with E-state index in [-0.39, 0.29) is 21.1 Å². The third-order valence-corrected chi connectivity index (χ3v) is 0.903. The summed E-state index contributed by atoms with van der Waals surface area (Å²) < 4.78 is 0. The van der Waals surface area contributed by atoms with Gasteiger partial charge in [0, 0.05) is 0 Å². The average molecular weight is 252 g/mol. The fraction of sp³-hybridized carbons (Fsp3) is 0.222. The topological polar surface area (TPSA) is 23.8 Å². The fourth-order valence-corrected chi connectivity index (χ4v) is 0.513. The van der Waals surface area contributed by atoms with Gasteiger partial charge in [0.05, 0.1) is 11.6 Å². The molecule has 0 aliphatic heterocycles. The Labute approximate surface area is 78.3 Å². The van der Waals surface area contributed by atoms with E-state index < -0.39 is 0 Å². The van der Waals surface area contributed by atoms with E-state index in [9.17, 15) is 0 Å². The van der Waals surface area contributed by atoms with E-state index in [1.165, 1.54) is 0 Å². The van der Waals surface area contributed by atoms with Gasteiger partial charge in [-0.2, -0.15) is 5.26 Å². The molecule has 0 fully saturated rings. The number of rotatable bonds is 0. The Kier molecular flexibility index (Phi) is 7.27. The van der Waals surface area contributed by atoms with Crippen molar-refractivity contribution in [1.82, 2.24) is 0 Å². The molecule has 1 aromatic rings. The molecule has 11 heavy (non-hydrogen) atoms. The van der Waals surface area contributed by atoms with Crippen LogP contribution in [0.4, 0.5) is 0 Å². The van der Waals surface area contributed by atoms with E-state index in [2.05, 4.69) is 9.88 Å². The Hall–Kier alpha value is -0.491. The van der Waals surface area contributed by atoms with Crippen molar-refractivity contribution in [3.05, 3.63) is 35.9 Å². The summed E-state index contributed by atoms with van der Waals surface area (Å²) in [6.07, 6.45) is 0. The first-order chi connectivity index (χ1) is 5.35. The van der Waals surface area contributed by atoms with Crippen molar-refractivity contribution in [1.29, 1.82) is 5.26 Å². The first kappa shape index (κ1) is 10.5. The van der Waals surface area contributed by atoms with Gasteiger partial charge in [-0.05, 0) is 12.1 Å². The molecule has 1 nitrogen and oxygen atoms in total. The summed E-state index contributed by atoms with van der Waals surface area (Å²) in [6.45, 7) is 0. The molecule has 0 saturated heterocycles. The maximum absolute atomic E-state index is 8.29. The van der Waals surface area contributed by atoms with Crippen LogP contribution in [0.5, 0.6) is 0 Å². The quantitative estimate of drug-likeness (QED) is 0.650. The molecule has 0 heterocycles. The molecule has 1 rings (SSSR count). The van der Waals surface area contributed by atoms with Crippen LogP contribution in [0, 0.1) is 11.3 Å². The van der Waals surface area contributed by atoms with Crippen LogP contribution in [0.3, 0.4) is 0 Å². The summed E-state index contributed by atoms with van der Waals surface area (Å²) in [5.41, 5.74) is 0.715.